The van der Waals surface area contributed by atoms with Gasteiger partial charge in [-0.25, -0.2) is 0 Å². The average Bonchev–Trinajstić information content (AvgIpc) is 3.02. The minimum Gasteiger partial charge on any atom is -0.385 e. The normalized spacial score (nSPS) is 15.0. The molecule has 0 amide bonds. The molecule has 0 N–H and O–H groups in total. The summed E-state index contributed by atoms with van der Waals surface area (Å²) in [5, 5.41) is 0. The molecule has 0 fully saturated rings. The van der Waals surface area contributed by atoms with Crippen molar-refractivity contribution in [2.75, 3.05) is 0 Å². The Labute approximate surface area is 290 Å². The van der Waals surface area contributed by atoms with Gasteiger partial charge in [0, 0.05) is 17.2 Å². The van der Waals surface area contributed by atoms with E-state index in [1.165, 1.54) is 11.1 Å². The van der Waals surface area contributed by atoms with Crippen LogP contribution in [0.25, 0.3) is 44.5 Å². The Hall–Kier alpha value is -5.05. The van der Waals surface area contributed by atoms with E-state index in [4.69, 9.17) is 13.6 Å². The summed E-state index contributed by atoms with van der Waals surface area (Å²) in [6.45, 7) is 16.6. The van der Waals surface area contributed by atoms with Gasteiger partial charge in [0.1, 0.15) is 11.5 Å². The molecule has 49 heavy (non-hydrogen) atoms. The molecule has 2 bridgehead atoms. The third-order valence-corrected chi connectivity index (χ3v) is 10.5. The predicted molar refractivity (Wildman–Crippen MR) is 201 cm³/mol. The van der Waals surface area contributed by atoms with Crippen LogP contribution in [0.3, 0.4) is 0 Å². The van der Waals surface area contributed by atoms with Crippen molar-refractivity contribution in [1.29, 1.82) is 0 Å². The van der Waals surface area contributed by atoms with Crippen molar-refractivity contribution in [3.8, 4) is 61.8 Å². The first-order valence-electron chi connectivity index (χ1n) is 16.6. The molecule has 1 radical (unpaired) electrons. The van der Waals surface area contributed by atoms with Crippen LogP contribution in [0.1, 0.15) is 44.5 Å². The molecule has 6 aromatic carbocycles. The number of phosphoric acid groups is 1. The summed E-state index contributed by atoms with van der Waals surface area (Å²) >= 11 is 0. The highest BCUT2D eigenvalue weighted by molar-refractivity contribution is 7.50. The van der Waals surface area contributed by atoms with Crippen LogP contribution in [0.5, 0.6) is 17.2 Å². The minimum absolute atomic E-state index is 0.370. The van der Waals surface area contributed by atoms with E-state index in [1.54, 1.807) is 0 Å². The van der Waals surface area contributed by atoms with Crippen LogP contribution in [0.2, 0.25) is 0 Å². The Morgan fingerprint density at radius 3 is 1.55 bits per heavy atom. The molecular weight excluding hydrogens is 623 g/mol. The van der Waals surface area contributed by atoms with E-state index < -0.39 is 7.82 Å². The van der Waals surface area contributed by atoms with Gasteiger partial charge in [-0.3, -0.25) is 0 Å². The average molecular weight is 664 g/mol. The number of phosphoric ester groups is 1. The minimum atomic E-state index is -4.24. The number of benzene rings is 6. The molecule has 1 atom stereocenters. The summed E-state index contributed by atoms with van der Waals surface area (Å²) in [7, 11) is -4.24. The zero-order chi connectivity index (χ0) is 34.6. The number of hydrogen-bond acceptors (Lipinski definition) is 4. The van der Waals surface area contributed by atoms with E-state index in [0.29, 0.717) is 22.8 Å². The molecule has 1 heterocycles. The number of aryl methyl sites for hydroxylation is 8. The van der Waals surface area contributed by atoms with Gasteiger partial charge >= 0.3 is 7.82 Å². The second kappa shape index (κ2) is 12.4. The van der Waals surface area contributed by atoms with Crippen molar-refractivity contribution in [2.45, 2.75) is 55.4 Å². The first-order valence-corrected chi connectivity index (χ1v) is 18.1. The van der Waals surface area contributed by atoms with Crippen molar-refractivity contribution in [2.24, 2.45) is 0 Å². The smallest absolute Gasteiger partial charge is 0.385 e. The van der Waals surface area contributed by atoms with E-state index in [2.05, 4.69) is 134 Å². The second-order valence-electron chi connectivity index (χ2n) is 13.4. The Bertz CT molecular complexity index is 2330. The van der Waals surface area contributed by atoms with E-state index in [9.17, 15) is 4.57 Å². The monoisotopic (exact) mass is 663 g/mol. The summed E-state index contributed by atoms with van der Waals surface area (Å²) in [6, 6.07) is 36.5. The third-order valence-electron chi connectivity index (χ3n) is 9.30. The molecule has 245 valence electrons. The lowest BCUT2D eigenvalue weighted by atomic mass is 9.91. The maximum Gasteiger partial charge on any atom is 0.647 e. The lowest BCUT2D eigenvalue weighted by Crippen LogP contribution is -2.14. The van der Waals surface area contributed by atoms with Gasteiger partial charge < -0.3 is 13.6 Å². The van der Waals surface area contributed by atoms with Crippen LogP contribution in [0.4, 0.5) is 0 Å². The van der Waals surface area contributed by atoms with Crippen molar-refractivity contribution in [3.05, 3.63) is 148 Å². The Kier molecular flexibility index (Phi) is 8.25. The maximum atomic E-state index is 14.8. The van der Waals surface area contributed by atoms with Crippen molar-refractivity contribution in [1.82, 2.24) is 0 Å². The van der Waals surface area contributed by atoms with Gasteiger partial charge in [-0.1, -0.05) is 101 Å². The lowest BCUT2D eigenvalue weighted by molar-refractivity contribution is 0.290. The van der Waals surface area contributed by atoms with Gasteiger partial charge in [0.2, 0.25) is 0 Å². The predicted octanol–water partition coefficient (Wildman–Crippen LogP) is 12.6. The standard InChI is InChI=1S/C44H40O4P/c1-26-9-14-35(30(5)21-26)34-13-19-41(40(25-34)37-16-11-28(3)23-32(37)7)46-49(45)47-42-20-18-39(36-15-10-27(2)22-31(36)6)44(48-49)43(42)38-17-12-29(4)24-33(38)8/h9-24H,1-8H3. The summed E-state index contributed by atoms with van der Waals surface area (Å²) in [5.41, 5.74) is 16.2. The second-order valence-corrected chi connectivity index (χ2v) is 14.9. The van der Waals surface area contributed by atoms with Gasteiger partial charge in [-0.05, 0) is 124 Å². The molecule has 5 heteroatoms. The third kappa shape index (κ3) is 6.18. The first-order chi connectivity index (χ1) is 23.4. The number of fused-ring (bicyclic) bond motifs is 2. The van der Waals surface area contributed by atoms with Crippen LogP contribution in [0.15, 0.2) is 97.1 Å². The lowest BCUT2D eigenvalue weighted by Gasteiger charge is -2.30. The Balaban J connectivity index is 1.38. The Morgan fingerprint density at radius 2 is 1.00 bits per heavy atom. The molecule has 0 spiro atoms. The van der Waals surface area contributed by atoms with Crippen LogP contribution < -0.4 is 13.6 Å². The van der Waals surface area contributed by atoms with Gasteiger partial charge in [0.05, 0.1) is 5.56 Å². The molecule has 0 saturated carbocycles. The fourth-order valence-corrected chi connectivity index (χ4v) is 8.26. The van der Waals surface area contributed by atoms with E-state index in [0.717, 1.165) is 72.3 Å². The molecule has 1 unspecified atom stereocenters. The molecular formula is C44H40O4P. The SMILES string of the molecule is Cc1ccc(-c2[c]c(-c3ccc(C)cc3C)c(OP3(=O)Oc4ccc(-c5ccc(C)cc5C)c(c4-c4ccc(C)cc4C)O3)cc2)c(C)c1. The van der Waals surface area contributed by atoms with Gasteiger partial charge in [0.15, 0.2) is 5.75 Å². The summed E-state index contributed by atoms with van der Waals surface area (Å²) < 4.78 is 34.1. The fraction of sp³-hybridized carbons (Fsp3) is 0.182. The zero-order valence-electron chi connectivity index (χ0n) is 29.3. The van der Waals surface area contributed by atoms with Crippen molar-refractivity contribution < 1.29 is 18.1 Å². The van der Waals surface area contributed by atoms with Crippen LogP contribution in [-0.4, -0.2) is 0 Å². The molecule has 0 aromatic heterocycles. The molecule has 0 saturated heterocycles. The van der Waals surface area contributed by atoms with E-state index in [1.807, 2.05) is 24.3 Å². The molecule has 1 aliphatic heterocycles. The van der Waals surface area contributed by atoms with Gasteiger partial charge in [-0.15, -0.1) is 0 Å². The maximum absolute atomic E-state index is 14.8. The molecule has 6 aromatic rings. The fourth-order valence-electron chi connectivity index (χ4n) is 6.94. The summed E-state index contributed by atoms with van der Waals surface area (Å²) in [6.07, 6.45) is 0. The molecule has 1 aliphatic rings. The highest BCUT2D eigenvalue weighted by Gasteiger charge is 2.42. The van der Waals surface area contributed by atoms with Gasteiger partial charge in [-0.2, -0.15) is 4.57 Å². The molecule has 4 nitrogen and oxygen atoms in total. The van der Waals surface area contributed by atoms with Crippen LogP contribution in [-0.2, 0) is 4.57 Å². The highest BCUT2D eigenvalue weighted by Crippen LogP contribution is 2.62. The topological polar surface area (TPSA) is 44.8 Å². The molecule has 7 rings (SSSR count). The largest absolute Gasteiger partial charge is 0.647 e. The number of rotatable bonds is 6. The zero-order valence-corrected chi connectivity index (χ0v) is 30.2. The molecule has 0 aliphatic carbocycles. The van der Waals surface area contributed by atoms with Crippen LogP contribution >= 0.6 is 7.82 Å². The highest BCUT2D eigenvalue weighted by atomic mass is 31.2. The van der Waals surface area contributed by atoms with Gasteiger partial charge in [0.25, 0.3) is 0 Å². The Morgan fingerprint density at radius 1 is 0.510 bits per heavy atom. The number of hydrogen-bond donors (Lipinski definition) is 0. The first kappa shape index (κ1) is 32.5. The quantitative estimate of drug-likeness (QED) is 0.166. The summed E-state index contributed by atoms with van der Waals surface area (Å²) in [5.74, 6) is 1.30. The van der Waals surface area contributed by atoms with E-state index >= 15 is 0 Å². The van der Waals surface area contributed by atoms with E-state index in [-0.39, 0.29) is 0 Å². The van der Waals surface area contributed by atoms with Crippen molar-refractivity contribution >= 4 is 7.82 Å². The summed E-state index contributed by atoms with van der Waals surface area (Å²) in [4.78, 5) is 0. The van der Waals surface area contributed by atoms with Crippen molar-refractivity contribution in [3.63, 3.8) is 0 Å². The van der Waals surface area contributed by atoms with Crippen LogP contribution in [0, 0.1) is 61.5 Å².